The third-order valence-corrected chi connectivity index (χ3v) is 7.30. The molecule has 0 aliphatic carbocycles. The molecule has 0 saturated carbocycles. The van der Waals surface area contributed by atoms with E-state index in [2.05, 4.69) is 104 Å². The van der Waals surface area contributed by atoms with Crippen LogP contribution in [-0.2, 0) is 0 Å². The quantitative estimate of drug-likeness (QED) is 0.233. The molecule has 0 N–H and O–H groups in total. The van der Waals surface area contributed by atoms with Crippen LogP contribution in [0.3, 0.4) is 0 Å². The molecule has 0 atom stereocenters. The highest BCUT2D eigenvalue weighted by Gasteiger charge is 2.48. The summed E-state index contributed by atoms with van der Waals surface area (Å²) in [5.41, 5.74) is 12.6. The van der Waals surface area contributed by atoms with Crippen LogP contribution < -0.4 is 18.6 Å². The van der Waals surface area contributed by atoms with Gasteiger partial charge in [-0.25, -0.2) is 0 Å². The molecule has 1 spiro atoms. The molecule has 37 heavy (non-hydrogen) atoms. The van der Waals surface area contributed by atoms with Crippen LogP contribution in [0.5, 0.6) is 23.0 Å². The van der Waals surface area contributed by atoms with Gasteiger partial charge in [0, 0.05) is 22.3 Å². The van der Waals surface area contributed by atoms with E-state index in [1.807, 2.05) is 0 Å². The largest absolute Gasteiger partial charge is 0.777 e. The minimum absolute atomic E-state index is 0.717. The number of aryl methyl sites for hydroxylation is 8. The third-order valence-electron chi connectivity index (χ3n) is 7.30. The Balaban J connectivity index is 1.68. The van der Waals surface area contributed by atoms with E-state index < -0.39 is 6.96 Å². The summed E-state index contributed by atoms with van der Waals surface area (Å²) >= 11 is 0. The molecular formula is C32H32BO4-. The van der Waals surface area contributed by atoms with Gasteiger partial charge >= 0.3 is 6.96 Å². The highest BCUT2D eigenvalue weighted by Crippen LogP contribution is 2.50. The van der Waals surface area contributed by atoms with Crippen molar-refractivity contribution in [1.29, 1.82) is 0 Å². The molecule has 4 nitrogen and oxygen atoms in total. The van der Waals surface area contributed by atoms with Crippen LogP contribution in [0.25, 0.3) is 22.3 Å². The summed E-state index contributed by atoms with van der Waals surface area (Å²) in [5.74, 6) is 2.87. The average Bonchev–Trinajstić information content (AvgIpc) is 3.02. The molecule has 2 heterocycles. The molecule has 5 heteroatoms. The molecule has 0 saturated heterocycles. The fourth-order valence-corrected chi connectivity index (χ4v) is 5.97. The highest BCUT2D eigenvalue weighted by atomic mass is 16.9. The van der Waals surface area contributed by atoms with Gasteiger partial charge in [-0.3, -0.25) is 0 Å². The molecule has 2 aliphatic rings. The van der Waals surface area contributed by atoms with Gasteiger partial charge < -0.3 is 18.6 Å². The van der Waals surface area contributed by atoms with Crippen LogP contribution in [-0.4, -0.2) is 6.96 Å². The van der Waals surface area contributed by atoms with Crippen molar-refractivity contribution in [3.8, 4) is 45.3 Å². The Morgan fingerprint density at radius 2 is 0.568 bits per heavy atom. The Bertz CT molecular complexity index is 1380. The number of fused-ring (bicyclic) bond motifs is 6. The maximum absolute atomic E-state index is 6.81. The maximum Gasteiger partial charge on any atom is 0.777 e. The fourth-order valence-electron chi connectivity index (χ4n) is 5.97. The normalized spacial score (nSPS) is 14.5. The Morgan fingerprint density at radius 1 is 0.351 bits per heavy atom. The summed E-state index contributed by atoms with van der Waals surface area (Å²) in [6, 6.07) is 17.1. The van der Waals surface area contributed by atoms with Crippen LogP contribution in [0.1, 0.15) is 44.5 Å². The maximum atomic E-state index is 6.81. The first-order valence-electron chi connectivity index (χ1n) is 12.9. The minimum Gasteiger partial charge on any atom is -0.610 e. The third kappa shape index (κ3) is 3.76. The predicted octanol–water partition coefficient (Wildman–Crippen LogP) is 8.17. The summed E-state index contributed by atoms with van der Waals surface area (Å²) in [5, 5.41) is 0. The Hall–Kier alpha value is -3.86. The summed E-state index contributed by atoms with van der Waals surface area (Å²) in [6.45, 7) is 13.9. The lowest BCUT2D eigenvalue weighted by molar-refractivity contribution is 0.165. The molecule has 0 aromatic heterocycles. The Morgan fingerprint density at radius 3 is 0.784 bits per heavy atom. The molecule has 0 amide bonds. The molecule has 0 bridgehead atoms. The standard InChI is InChI=1S/C32H32BO4/c1-17-9-21(5)29-25(13-17)26-14-18(2)10-22(6)30(26)35-33(34-29)36-31-23(7)11-19(3)15-27(31)28-16-20(4)12-24(8)32(28)37-33/h9-16H,1-8H3/q-1. The second-order valence-electron chi connectivity index (χ2n) is 10.9. The lowest BCUT2D eigenvalue weighted by Gasteiger charge is -2.41. The van der Waals surface area contributed by atoms with Crippen molar-refractivity contribution in [2.75, 3.05) is 0 Å². The molecule has 4 aromatic carbocycles. The van der Waals surface area contributed by atoms with Crippen molar-refractivity contribution < 1.29 is 18.6 Å². The number of benzene rings is 4. The monoisotopic (exact) mass is 491 g/mol. The zero-order valence-electron chi connectivity index (χ0n) is 22.8. The van der Waals surface area contributed by atoms with Crippen molar-refractivity contribution >= 4 is 6.96 Å². The van der Waals surface area contributed by atoms with Gasteiger partial charge in [-0.15, -0.1) is 0 Å². The second kappa shape index (κ2) is 8.07. The van der Waals surface area contributed by atoms with Crippen molar-refractivity contribution in [2.24, 2.45) is 0 Å². The van der Waals surface area contributed by atoms with Crippen molar-refractivity contribution in [1.82, 2.24) is 0 Å². The molecular weight excluding hydrogens is 459 g/mol. The first kappa shape index (κ1) is 23.5. The summed E-state index contributed by atoms with van der Waals surface area (Å²) in [7, 11) is 0. The zero-order valence-corrected chi connectivity index (χ0v) is 22.8. The Kier molecular flexibility index (Phi) is 5.14. The van der Waals surface area contributed by atoms with Gasteiger partial charge in [0.05, 0.1) is 23.0 Å². The number of hydrogen-bond donors (Lipinski definition) is 0. The van der Waals surface area contributed by atoms with E-state index in [0.717, 1.165) is 66.8 Å². The van der Waals surface area contributed by atoms with Gasteiger partial charge in [0.1, 0.15) is 0 Å². The lowest BCUT2D eigenvalue weighted by atomic mass is 9.95. The lowest BCUT2D eigenvalue weighted by Crippen LogP contribution is -2.60. The minimum atomic E-state index is -2.77. The SMILES string of the molecule is Cc1cc(C)c2c(c1)-c1cc(C)cc(C)c1O[B-]1(O2)Oc2c(C)cc(C)cc2-c2cc(C)cc(C)c2O1. The van der Waals surface area contributed by atoms with Gasteiger partial charge in [-0.1, -0.05) is 24.3 Å². The van der Waals surface area contributed by atoms with Gasteiger partial charge in [-0.2, -0.15) is 0 Å². The second-order valence-corrected chi connectivity index (χ2v) is 10.9. The fraction of sp³-hybridized carbons (Fsp3) is 0.250. The van der Waals surface area contributed by atoms with E-state index in [1.54, 1.807) is 0 Å². The molecule has 0 fully saturated rings. The van der Waals surface area contributed by atoms with Gasteiger partial charge in [0.2, 0.25) is 0 Å². The van der Waals surface area contributed by atoms with Crippen LogP contribution in [0.4, 0.5) is 0 Å². The molecule has 0 unspecified atom stereocenters. The van der Waals surface area contributed by atoms with E-state index in [0.29, 0.717) is 23.0 Å². The molecule has 0 radical (unpaired) electrons. The summed E-state index contributed by atoms with van der Waals surface area (Å²) in [4.78, 5) is 0. The molecule has 6 rings (SSSR count). The van der Waals surface area contributed by atoms with E-state index >= 15 is 0 Å². The highest BCUT2D eigenvalue weighted by molar-refractivity contribution is 6.58. The van der Waals surface area contributed by atoms with Crippen LogP contribution in [0, 0.1) is 55.4 Å². The Labute approximate surface area is 219 Å². The first-order chi connectivity index (χ1) is 17.5. The van der Waals surface area contributed by atoms with Crippen LogP contribution in [0.15, 0.2) is 48.5 Å². The average molecular weight is 491 g/mol. The predicted molar refractivity (Wildman–Crippen MR) is 150 cm³/mol. The smallest absolute Gasteiger partial charge is 0.610 e. The number of hydrogen-bond acceptors (Lipinski definition) is 4. The van der Waals surface area contributed by atoms with Gasteiger partial charge in [0.25, 0.3) is 0 Å². The van der Waals surface area contributed by atoms with Gasteiger partial charge in [-0.05, 0) is 124 Å². The van der Waals surface area contributed by atoms with E-state index in [1.165, 1.54) is 0 Å². The van der Waals surface area contributed by atoms with Crippen molar-refractivity contribution in [2.45, 2.75) is 55.4 Å². The van der Waals surface area contributed by atoms with Crippen molar-refractivity contribution in [3.05, 3.63) is 93.0 Å². The molecule has 188 valence electrons. The number of rotatable bonds is 0. The van der Waals surface area contributed by atoms with Crippen molar-refractivity contribution in [3.63, 3.8) is 0 Å². The first-order valence-corrected chi connectivity index (χ1v) is 12.9. The van der Waals surface area contributed by atoms with E-state index in [-0.39, 0.29) is 0 Å². The summed E-state index contributed by atoms with van der Waals surface area (Å²) in [6.07, 6.45) is 0. The molecule has 4 aromatic rings. The van der Waals surface area contributed by atoms with Gasteiger partial charge in [0.15, 0.2) is 0 Å². The molecule has 2 aliphatic heterocycles. The van der Waals surface area contributed by atoms with E-state index in [4.69, 9.17) is 18.6 Å². The van der Waals surface area contributed by atoms with Crippen LogP contribution >= 0.6 is 0 Å². The van der Waals surface area contributed by atoms with E-state index in [9.17, 15) is 0 Å². The van der Waals surface area contributed by atoms with Crippen LogP contribution in [0.2, 0.25) is 0 Å². The zero-order chi connectivity index (χ0) is 26.2. The summed E-state index contributed by atoms with van der Waals surface area (Å²) < 4.78 is 27.2. The topological polar surface area (TPSA) is 36.9 Å².